The quantitative estimate of drug-likeness (QED) is 0.876. The first-order chi connectivity index (χ1) is 9.69. The van der Waals surface area contributed by atoms with Crippen LogP contribution in [0.1, 0.15) is 31.4 Å². The molecule has 0 amide bonds. The molecule has 1 aliphatic heterocycles. The Morgan fingerprint density at radius 3 is 2.40 bits per heavy atom. The monoisotopic (exact) mass is 295 g/mol. The minimum absolute atomic E-state index is 0.0855. The Morgan fingerprint density at radius 1 is 1.15 bits per heavy atom. The van der Waals surface area contributed by atoms with E-state index in [0.717, 1.165) is 23.6 Å². The summed E-state index contributed by atoms with van der Waals surface area (Å²) in [6.07, 6.45) is 2.24. The summed E-state index contributed by atoms with van der Waals surface area (Å²) < 4.78 is 0. The standard InChI is InChI=1S/C16H26ClN3/c1-2-7-19-9-11-20(12-10-19)8-6-16(18)14-4-3-5-15(17)13-14/h3-5,13,16H,2,6-12,18H2,1H3. The lowest BCUT2D eigenvalue weighted by Crippen LogP contribution is -2.47. The van der Waals surface area contributed by atoms with E-state index in [-0.39, 0.29) is 6.04 Å². The second-order valence-electron chi connectivity index (χ2n) is 5.63. The predicted octanol–water partition coefficient (Wildman–Crippen LogP) is 2.76. The number of halogens is 1. The summed E-state index contributed by atoms with van der Waals surface area (Å²) in [6.45, 7) is 9.28. The maximum Gasteiger partial charge on any atom is 0.0409 e. The fraction of sp³-hybridized carbons (Fsp3) is 0.625. The minimum atomic E-state index is 0.0855. The molecular formula is C16H26ClN3. The van der Waals surface area contributed by atoms with Crippen molar-refractivity contribution in [2.45, 2.75) is 25.8 Å². The Morgan fingerprint density at radius 2 is 1.80 bits per heavy atom. The van der Waals surface area contributed by atoms with Gasteiger partial charge in [-0.15, -0.1) is 0 Å². The van der Waals surface area contributed by atoms with Crippen LogP contribution in [0, 0.1) is 0 Å². The number of hydrogen-bond donors (Lipinski definition) is 1. The topological polar surface area (TPSA) is 32.5 Å². The lowest BCUT2D eigenvalue weighted by atomic mass is 10.0. The van der Waals surface area contributed by atoms with E-state index < -0.39 is 0 Å². The number of piperazine rings is 1. The number of benzene rings is 1. The van der Waals surface area contributed by atoms with E-state index in [2.05, 4.69) is 22.8 Å². The predicted molar refractivity (Wildman–Crippen MR) is 86.2 cm³/mol. The van der Waals surface area contributed by atoms with Gasteiger partial charge in [-0.2, -0.15) is 0 Å². The lowest BCUT2D eigenvalue weighted by Gasteiger charge is -2.35. The molecule has 1 aliphatic rings. The number of nitrogens with two attached hydrogens (primary N) is 1. The van der Waals surface area contributed by atoms with Crippen molar-refractivity contribution in [3.8, 4) is 0 Å². The van der Waals surface area contributed by atoms with Crippen LogP contribution in [0.2, 0.25) is 5.02 Å². The summed E-state index contributed by atoms with van der Waals surface area (Å²) in [5.74, 6) is 0. The van der Waals surface area contributed by atoms with Crippen molar-refractivity contribution in [3.05, 3.63) is 34.9 Å². The van der Waals surface area contributed by atoms with Crippen molar-refractivity contribution in [1.29, 1.82) is 0 Å². The van der Waals surface area contributed by atoms with Crippen LogP contribution < -0.4 is 5.73 Å². The smallest absolute Gasteiger partial charge is 0.0409 e. The highest BCUT2D eigenvalue weighted by Crippen LogP contribution is 2.19. The van der Waals surface area contributed by atoms with Gasteiger partial charge in [-0.05, 0) is 37.1 Å². The van der Waals surface area contributed by atoms with Crippen molar-refractivity contribution >= 4 is 11.6 Å². The average molecular weight is 296 g/mol. The zero-order chi connectivity index (χ0) is 14.4. The van der Waals surface area contributed by atoms with Crippen molar-refractivity contribution < 1.29 is 0 Å². The molecule has 1 aromatic carbocycles. The molecule has 1 aromatic rings. The summed E-state index contributed by atoms with van der Waals surface area (Å²) in [7, 11) is 0. The van der Waals surface area contributed by atoms with Gasteiger partial charge in [0, 0.05) is 43.8 Å². The van der Waals surface area contributed by atoms with Crippen LogP contribution in [-0.4, -0.2) is 49.1 Å². The third kappa shape index (κ3) is 4.74. The Balaban J connectivity index is 1.73. The number of hydrogen-bond acceptors (Lipinski definition) is 3. The van der Waals surface area contributed by atoms with Gasteiger partial charge in [-0.25, -0.2) is 0 Å². The molecule has 1 fully saturated rings. The first kappa shape index (κ1) is 15.8. The summed E-state index contributed by atoms with van der Waals surface area (Å²) in [6, 6.07) is 8.00. The van der Waals surface area contributed by atoms with E-state index in [9.17, 15) is 0 Å². The molecule has 0 aromatic heterocycles. The van der Waals surface area contributed by atoms with E-state index in [1.165, 1.54) is 39.1 Å². The van der Waals surface area contributed by atoms with E-state index in [1.807, 2.05) is 18.2 Å². The lowest BCUT2D eigenvalue weighted by molar-refractivity contribution is 0.130. The number of nitrogens with zero attached hydrogens (tertiary/aromatic N) is 2. The van der Waals surface area contributed by atoms with E-state index in [0.29, 0.717) is 0 Å². The highest BCUT2D eigenvalue weighted by molar-refractivity contribution is 6.30. The molecule has 0 saturated carbocycles. The van der Waals surface area contributed by atoms with Crippen LogP contribution >= 0.6 is 11.6 Å². The van der Waals surface area contributed by atoms with Crippen molar-refractivity contribution in [1.82, 2.24) is 9.80 Å². The molecule has 2 rings (SSSR count). The molecule has 1 unspecified atom stereocenters. The molecule has 2 N–H and O–H groups in total. The Labute approximate surface area is 127 Å². The molecule has 0 aliphatic carbocycles. The Hall–Kier alpha value is -0.610. The molecule has 20 heavy (non-hydrogen) atoms. The molecule has 4 heteroatoms. The molecule has 1 saturated heterocycles. The fourth-order valence-electron chi connectivity index (χ4n) is 2.78. The van der Waals surface area contributed by atoms with E-state index in [1.54, 1.807) is 0 Å². The third-order valence-corrected chi connectivity index (χ3v) is 4.27. The van der Waals surface area contributed by atoms with Gasteiger partial charge in [-0.1, -0.05) is 30.7 Å². The molecule has 3 nitrogen and oxygen atoms in total. The largest absolute Gasteiger partial charge is 0.324 e. The molecule has 1 atom stereocenters. The molecule has 0 spiro atoms. The molecule has 0 bridgehead atoms. The summed E-state index contributed by atoms with van der Waals surface area (Å²) in [5, 5.41) is 0.770. The Kier molecular flexibility index (Phi) is 6.30. The van der Waals surface area contributed by atoms with Crippen LogP contribution in [0.5, 0.6) is 0 Å². The normalized spacial score (nSPS) is 19.1. The van der Waals surface area contributed by atoms with Gasteiger partial charge in [0.15, 0.2) is 0 Å². The first-order valence-electron chi connectivity index (χ1n) is 7.65. The van der Waals surface area contributed by atoms with Crippen LogP contribution in [0.4, 0.5) is 0 Å². The van der Waals surface area contributed by atoms with Gasteiger partial charge < -0.3 is 15.5 Å². The van der Waals surface area contributed by atoms with Crippen LogP contribution in [0.15, 0.2) is 24.3 Å². The number of rotatable bonds is 6. The van der Waals surface area contributed by atoms with Gasteiger partial charge >= 0.3 is 0 Å². The maximum absolute atomic E-state index is 6.26. The van der Waals surface area contributed by atoms with Crippen LogP contribution in [0.25, 0.3) is 0 Å². The van der Waals surface area contributed by atoms with Crippen molar-refractivity contribution in [2.24, 2.45) is 5.73 Å². The first-order valence-corrected chi connectivity index (χ1v) is 8.02. The van der Waals surface area contributed by atoms with Gasteiger partial charge in [0.25, 0.3) is 0 Å². The third-order valence-electron chi connectivity index (χ3n) is 4.04. The zero-order valence-corrected chi connectivity index (χ0v) is 13.1. The summed E-state index contributed by atoms with van der Waals surface area (Å²) in [5.41, 5.74) is 7.40. The van der Waals surface area contributed by atoms with Crippen LogP contribution in [0.3, 0.4) is 0 Å². The SMILES string of the molecule is CCCN1CCN(CCC(N)c2cccc(Cl)c2)CC1. The highest BCUT2D eigenvalue weighted by Gasteiger charge is 2.17. The Bertz CT molecular complexity index is 402. The second-order valence-corrected chi connectivity index (χ2v) is 6.07. The summed E-state index contributed by atoms with van der Waals surface area (Å²) >= 11 is 6.01. The van der Waals surface area contributed by atoms with Gasteiger partial charge in [0.2, 0.25) is 0 Å². The minimum Gasteiger partial charge on any atom is -0.324 e. The second kappa shape index (κ2) is 7.99. The molecular weight excluding hydrogens is 270 g/mol. The van der Waals surface area contributed by atoms with Crippen molar-refractivity contribution in [3.63, 3.8) is 0 Å². The van der Waals surface area contributed by atoms with Crippen LogP contribution in [-0.2, 0) is 0 Å². The molecule has 0 radical (unpaired) electrons. The molecule has 1 heterocycles. The fourth-order valence-corrected chi connectivity index (χ4v) is 2.98. The van der Waals surface area contributed by atoms with Gasteiger partial charge in [0.1, 0.15) is 0 Å². The van der Waals surface area contributed by atoms with Crippen molar-refractivity contribution in [2.75, 3.05) is 39.3 Å². The van der Waals surface area contributed by atoms with E-state index in [4.69, 9.17) is 17.3 Å². The van der Waals surface area contributed by atoms with E-state index >= 15 is 0 Å². The highest BCUT2D eigenvalue weighted by atomic mass is 35.5. The average Bonchev–Trinajstić information content (AvgIpc) is 2.46. The zero-order valence-electron chi connectivity index (χ0n) is 12.4. The summed E-state index contributed by atoms with van der Waals surface area (Å²) in [4.78, 5) is 5.07. The van der Waals surface area contributed by atoms with Gasteiger partial charge in [0.05, 0.1) is 0 Å². The van der Waals surface area contributed by atoms with Gasteiger partial charge in [-0.3, -0.25) is 0 Å². The molecule has 112 valence electrons. The maximum atomic E-state index is 6.26.